The van der Waals surface area contributed by atoms with Crippen molar-refractivity contribution in [1.82, 2.24) is 14.9 Å². The molecule has 1 aromatic rings. The van der Waals surface area contributed by atoms with Gasteiger partial charge in [0.15, 0.2) is 10.0 Å². The summed E-state index contributed by atoms with van der Waals surface area (Å²) in [5, 5.41) is 6.67. The fourth-order valence-electron chi connectivity index (χ4n) is 1.77. The van der Waals surface area contributed by atoms with Gasteiger partial charge in [0.1, 0.15) is 0 Å². The number of hydrogen-bond acceptors (Lipinski definition) is 5. The lowest BCUT2D eigenvalue weighted by atomic mass is 10.2. The monoisotopic (exact) mass is 264 g/mol. The number of rotatable bonds is 1. The first kappa shape index (κ1) is 12.9. The van der Waals surface area contributed by atoms with Crippen LogP contribution < -0.4 is 0 Å². The first-order valence-electron chi connectivity index (χ1n) is 5.62. The maximum absolute atomic E-state index is 11.8. The van der Waals surface area contributed by atoms with Gasteiger partial charge in [-0.15, -0.1) is 5.10 Å². The minimum Gasteiger partial charge on any atom is -0.356 e. The van der Waals surface area contributed by atoms with E-state index in [0.29, 0.717) is 0 Å². The Kier molecular flexibility index (Phi) is 3.30. The summed E-state index contributed by atoms with van der Waals surface area (Å²) >= 11 is 1.53. The number of amidine groups is 1. The Morgan fingerprint density at radius 2 is 2.17 bits per heavy atom. The number of aromatic nitrogens is 1. The van der Waals surface area contributed by atoms with Crippen LogP contribution in [0.15, 0.2) is 29.5 Å². The largest absolute Gasteiger partial charge is 0.356 e. The van der Waals surface area contributed by atoms with Crippen LogP contribution in [0.2, 0.25) is 0 Å². The number of nitrogens with zero attached hydrogens (tertiary/aromatic N) is 4. The van der Waals surface area contributed by atoms with Crippen LogP contribution in [0, 0.1) is 0 Å². The van der Waals surface area contributed by atoms with Crippen LogP contribution in [-0.2, 0) is 9.67 Å². The number of pyridine rings is 1. The average Bonchev–Trinajstić information content (AvgIpc) is 2.70. The van der Waals surface area contributed by atoms with Crippen LogP contribution in [0.25, 0.3) is 0 Å². The van der Waals surface area contributed by atoms with Crippen LogP contribution in [0.3, 0.4) is 0 Å². The van der Waals surface area contributed by atoms with Crippen LogP contribution in [0.1, 0.15) is 19.5 Å². The molecular formula is C12H16N4OS. The van der Waals surface area contributed by atoms with E-state index in [4.69, 9.17) is 0 Å². The molecule has 1 amide bonds. The molecule has 0 saturated carbocycles. The third-order valence-corrected chi connectivity index (χ3v) is 4.11. The number of amides is 1. The molecule has 96 valence electrons. The summed E-state index contributed by atoms with van der Waals surface area (Å²) in [5.41, 5.74) is 0.825. The van der Waals surface area contributed by atoms with Crippen LogP contribution in [0.4, 0.5) is 0 Å². The minimum atomic E-state index is -0.577. The Morgan fingerprint density at radius 1 is 1.44 bits per heavy atom. The second kappa shape index (κ2) is 4.61. The molecule has 0 aromatic carbocycles. The molecule has 2 rings (SSSR count). The highest BCUT2D eigenvalue weighted by atomic mass is 32.2. The highest BCUT2D eigenvalue weighted by Gasteiger charge is 2.45. The van der Waals surface area contributed by atoms with E-state index in [1.54, 1.807) is 6.20 Å². The Morgan fingerprint density at radius 3 is 2.67 bits per heavy atom. The van der Waals surface area contributed by atoms with Gasteiger partial charge < -0.3 is 4.90 Å². The quantitative estimate of drug-likeness (QED) is 0.774. The average molecular weight is 264 g/mol. The van der Waals surface area contributed by atoms with Gasteiger partial charge in [-0.2, -0.15) is 0 Å². The van der Waals surface area contributed by atoms with E-state index < -0.39 is 4.87 Å². The van der Waals surface area contributed by atoms with E-state index in [0.717, 1.165) is 10.9 Å². The molecule has 1 unspecified atom stereocenters. The van der Waals surface area contributed by atoms with Gasteiger partial charge in [-0.3, -0.25) is 9.78 Å². The molecule has 6 heteroatoms. The molecule has 1 aliphatic heterocycles. The SMILES string of the molecule is CC(=O)N1N=C(N(C)C)SC1(C)c1ccccn1. The topological polar surface area (TPSA) is 48.8 Å². The third-order valence-electron chi connectivity index (χ3n) is 2.70. The van der Waals surface area contributed by atoms with E-state index in [1.807, 2.05) is 44.1 Å². The van der Waals surface area contributed by atoms with E-state index in [1.165, 1.54) is 23.7 Å². The zero-order valence-electron chi connectivity index (χ0n) is 10.9. The lowest BCUT2D eigenvalue weighted by Crippen LogP contribution is -2.38. The molecule has 0 N–H and O–H groups in total. The molecule has 5 nitrogen and oxygen atoms in total. The molecule has 1 atom stereocenters. The number of thioether (sulfide) groups is 1. The lowest BCUT2D eigenvalue weighted by Gasteiger charge is -2.29. The first-order valence-corrected chi connectivity index (χ1v) is 6.44. The normalized spacial score (nSPS) is 22.9. The molecule has 18 heavy (non-hydrogen) atoms. The molecule has 0 spiro atoms. The van der Waals surface area contributed by atoms with E-state index in [-0.39, 0.29) is 5.91 Å². The Bertz CT molecular complexity index is 488. The van der Waals surface area contributed by atoms with E-state index >= 15 is 0 Å². The van der Waals surface area contributed by atoms with Crippen molar-refractivity contribution in [3.05, 3.63) is 30.1 Å². The highest BCUT2D eigenvalue weighted by Crippen LogP contribution is 2.44. The van der Waals surface area contributed by atoms with Gasteiger partial charge in [0.25, 0.3) is 0 Å². The summed E-state index contributed by atoms with van der Waals surface area (Å²) in [6.45, 7) is 3.48. The molecule has 0 saturated heterocycles. The fraction of sp³-hybridized carbons (Fsp3) is 0.417. The van der Waals surface area contributed by atoms with Gasteiger partial charge in [0, 0.05) is 27.2 Å². The van der Waals surface area contributed by atoms with Crippen molar-refractivity contribution in [2.75, 3.05) is 14.1 Å². The maximum Gasteiger partial charge on any atom is 0.241 e. The molecule has 0 fully saturated rings. The summed E-state index contributed by atoms with van der Waals surface area (Å²) in [7, 11) is 3.82. The summed E-state index contributed by atoms with van der Waals surface area (Å²) < 4.78 is 0. The molecule has 1 aliphatic rings. The van der Waals surface area contributed by atoms with Gasteiger partial charge in [-0.25, -0.2) is 5.01 Å². The standard InChI is InChI=1S/C12H16N4OS/c1-9(17)16-12(2,10-7-5-6-8-13-10)18-11(14-16)15(3)4/h5-8H,1-4H3. The number of carbonyl (C=O) groups excluding carboxylic acids is 1. The van der Waals surface area contributed by atoms with E-state index in [9.17, 15) is 4.79 Å². The van der Waals surface area contributed by atoms with Gasteiger partial charge in [-0.1, -0.05) is 6.07 Å². The first-order chi connectivity index (χ1) is 8.45. The predicted molar refractivity (Wildman–Crippen MR) is 72.8 cm³/mol. The summed E-state index contributed by atoms with van der Waals surface area (Å²) in [5.74, 6) is -0.0903. The van der Waals surface area contributed by atoms with Gasteiger partial charge >= 0.3 is 0 Å². The van der Waals surface area contributed by atoms with Gasteiger partial charge in [-0.05, 0) is 30.8 Å². The molecule has 1 aromatic heterocycles. The molecule has 0 bridgehead atoms. The maximum atomic E-state index is 11.8. The Labute approximate surface area is 111 Å². The van der Waals surface area contributed by atoms with Crippen molar-refractivity contribution in [3.63, 3.8) is 0 Å². The van der Waals surface area contributed by atoms with E-state index in [2.05, 4.69) is 10.1 Å². The molecular weight excluding hydrogens is 248 g/mol. The summed E-state index contributed by atoms with van der Waals surface area (Å²) in [6, 6.07) is 5.69. The summed E-state index contributed by atoms with van der Waals surface area (Å²) in [6.07, 6.45) is 1.73. The van der Waals surface area contributed by atoms with Crippen molar-refractivity contribution in [2.45, 2.75) is 18.7 Å². The van der Waals surface area contributed by atoms with Crippen molar-refractivity contribution in [1.29, 1.82) is 0 Å². The molecule has 2 heterocycles. The zero-order valence-corrected chi connectivity index (χ0v) is 11.7. The van der Waals surface area contributed by atoms with Crippen LogP contribution in [-0.4, -0.2) is 40.1 Å². The van der Waals surface area contributed by atoms with Crippen molar-refractivity contribution in [3.8, 4) is 0 Å². The Balaban J connectivity index is 2.42. The minimum absolute atomic E-state index is 0.0903. The lowest BCUT2D eigenvalue weighted by molar-refractivity contribution is -0.131. The second-order valence-corrected chi connectivity index (χ2v) is 5.77. The Hall–Kier alpha value is -1.56. The van der Waals surface area contributed by atoms with Crippen molar-refractivity contribution < 1.29 is 4.79 Å². The zero-order chi connectivity index (χ0) is 13.3. The highest BCUT2D eigenvalue weighted by molar-refractivity contribution is 8.14. The molecule has 0 radical (unpaired) electrons. The number of hydrazone groups is 1. The van der Waals surface area contributed by atoms with Gasteiger partial charge in [0.2, 0.25) is 5.91 Å². The smallest absolute Gasteiger partial charge is 0.241 e. The van der Waals surface area contributed by atoms with Crippen molar-refractivity contribution >= 4 is 22.8 Å². The fourth-order valence-corrected chi connectivity index (χ4v) is 2.91. The van der Waals surface area contributed by atoms with Crippen LogP contribution in [0.5, 0.6) is 0 Å². The number of carbonyl (C=O) groups is 1. The second-order valence-electron chi connectivity index (χ2n) is 4.41. The molecule has 0 aliphatic carbocycles. The van der Waals surface area contributed by atoms with Crippen LogP contribution >= 0.6 is 11.8 Å². The predicted octanol–water partition coefficient (Wildman–Crippen LogP) is 1.68. The van der Waals surface area contributed by atoms with Crippen molar-refractivity contribution in [2.24, 2.45) is 5.10 Å². The third kappa shape index (κ3) is 2.08. The number of hydrogen-bond donors (Lipinski definition) is 0. The van der Waals surface area contributed by atoms with Gasteiger partial charge in [0.05, 0.1) is 5.69 Å². The summed E-state index contributed by atoms with van der Waals surface area (Å²) in [4.78, 5) is 17.4.